The minimum Gasteiger partial charge on any atom is -0.493 e. The number of rotatable bonds is 3. The topological polar surface area (TPSA) is 103 Å². The second-order valence-corrected chi connectivity index (χ2v) is 6.51. The number of nitrogens with zero attached hydrogens (tertiary/aromatic N) is 3. The molecular weight excluding hydrogens is 334 g/mol. The molecule has 23 heavy (non-hydrogen) atoms. The number of aromatic nitrogens is 3. The van der Waals surface area contributed by atoms with E-state index in [1.807, 2.05) is 12.1 Å². The van der Waals surface area contributed by atoms with Crippen LogP contribution in [-0.2, 0) is 6.42 Å². The van der Waals surface area contributed by atoms with Crippen LogP contribution in [0.2, 0.25) is 0 Å². The smallest absolute Gasteiger partial charge is 0.277 e. The Balaban J connectivity index is 1.55. The third kappa shape index (κ3) is 2.76. The molecule has 7 nitrogen and oxygen atoms in total. The highest BCUT2D eigenvalue weighted by atomic mass is 32.1. The average Bonchev–Trinajstić information content (AvgIpc) is 3.26. The third-order valence-corrected chi connectivity index (χ3v) is 4.77. The maximum atomic E-state index is 12.2. The van der Waals surface area contributed by atoms with E-state index in [9.17, 15) is 4.79 Å². The number of fused-ring (bicyclic) bond motifs is 1. The summed E-state index contributed by atoms with van der Waals surface area (Å²) in [5, 5.41) is 5.38. The van der Waals surface area contributed by atoms with Crippen LogP contribution in [0.15, 0.2) is 23.6 Å². The number of nitrogens with one attached hydrogen (secondary N) is 1. The zero-order valence-electron chi connectivity index (χ0n) is 11.8. The van der Waals surface area contributed by atoms with Gasteiger partial charge in [0.1, 0.15) is 16.5 Å². The van der Waals surface area contributed by atoms with Crippen molar-refractivity contribution in [1.29, 1.82) is 0 Å². The first-order chi connectivity index (χ1) is 11.2. The predicted octanol–water partition coefficient (Wildman–Crippen LogP) is 2.43. The molecular formula is C14H11N5O2S2. The van der Waals surface area contributed by atoms with Crippen molar-refractivity contribution >= 4 is 39.9 Å². The first-order valence-electron chi connectivity index (χ1n) is 6.81. The molecule has 0 aliphatic carbocycles. The van der Waals surface area contributed by atoms with E-state index in [0.717, 1.165) is 34.3 Å². The number of carbonyl (C=O) groups is 1. The lowest BCUT2D eigenvalue weighted by Gasteiger charge is -2.01. The summed E-state index contributed by atoms with van der Waals surface area (Å²) in [6, 6.07) is 5.96. The number of nitrogen functional groups attached to an aromatic ring is 1. The summed E-state index contributed by atoms with van der Waals surface area (Å²) in [4.78, 5) is 20.4. The largest absolute Gasteiger partial charge is 0.493 e. The van der Waals surface area contributed by atoms with Crippen LogP contribution in [-0.4, -0.2) is 26.9 Å². The molecule has 3 aromatic rings. The number of nitrogens with two attached hydrogens (primary N) is 1. The van der Waals surface area contributed by atoms with Gasteiger partial charge in [0.05, 0.1) is 6.61 Å². The van der Waals surface area contributed by atoms with Gasteiger partial charge in [0, 0.05) is 28.9 Å². The van der Waals surface area contributed by atoms with Gasteiger partial charge in [-0.2, -0.15) is 9.36 Å². The number of thiazole rings is 1. The van der Waals surface area contributed by atoms with Gasteiger partial charge in [-0.1, -0.05) is 0 Å². The minimum atomic E-state index is -0.352. The van der Waals surface area contributed by atoms with Crippen LogP contribution in [0.1, 0.15) is 16.1 Å². The zero-order valence-corrected chi connectivity index (χ0v) is 13.4. The fourth-order valence-corrected chi connectivity index (χ4v) is 3.47. The van der Waals surface area contributed by atoms with E-state index in [0.29, 0.717) is 17.4 Å². The van der Waals surface area contributed by atoms with Crippen molar-refractivity contribution < 1.29 is 9.53 Å². The van der Waals surface area contributed by atoms with E-state index in [-0.39, 0.29) is 11.9 Å². The Morgan fingerprint density at radius 3 is 3.09 bits per heavy atom. The Hall–Kier alpha value is -2.52. The van der Waals surface area contributed by atoms with E-state index in [1.165, 1.54) is 16.9 Å². The lowest BCUT2D eigenvalue weighted by molar-refractivity contribution is 0.102. The molecule has 0 bridgehead atoms. The summed E-state index contributed by atoms with van der Waals surface area (Å²) in [7, 11) is 0. The molecule has 0 spiro atoms. The molecule has 1 aliphatic heterocycles. The highest BCUT2D eigenvalue weighted by Crippen LogP contribution is 2.32. The van der Waals surface area contributed by atoms with E-state index in [2.05, 4.69) is 25.7 Å². The first-order valence-corrected chi connectivity index (χ1v) is 8.46. The SMILES string of the molecule is Nc1nc(NC(=O)c2csc(-c3ccc4c(c3)CCO4)n2)ns1. The molecule has 0 unspecified atom stereocenters. The van der Waals surface area contributed by atoms with Crippen LogP contribution >= 0.6 is 22.9 Å². The molecule has 116 valence electrons. The van der Waals surface area contributed by atoms with E-state index in [4.69, 9.17) is 10.5 Å². The number of benzene rings is 1. The Morgan fingerprint density at radius 1 is 1.35 bits per heavy atom. The Morgan fingerprint density at radius 2 is 2.26 bits per heavy atom. The highest BCUT2D eigenvalue weighted by Gasteiger charge is 2.17. The molecule has 4 rings (SSSR count). The van der Waals surface area contributed by atoms with Gasteiger partial charge in [0.2, 0.25) is 11.1 Å². The van der Waals surface area contributed by atoms with Crippen molar-refractivity contribution in [3.63, 3.8) is 0 Å². The van der Waals surface area contributed by atoms with E-state index >= 15 is 0 Å². The normalized spacial score (nSPS) is 12.7. The van der Waals surface area contributed by atoms with Crippen LogP contribution in [0.5, 0.6) is 5.75 Å². The quantitative estimate of drug-likeness (QED) is 0.756. The van der Waals surface area contributed by atoms with Gasteiger partial charge in [0.25, 0.3) is 5.91 Å². The van der Waals surface area contributed by atoms with Crippen molar-refractivity contribution in [2.45, 2.75) is 6.42 Å². The molecule has 3 N–H and O–H groups in total. The molecule has 0 atom stereocenters. The predicted molar refractivity (Wildman–Crippen MR) is 89.0 cm³/mol. The monoisotopic (exact) mass is 345 g/mol. The zero-order chi connectivity index (χ0) is 15.8. The number of hydrogen-bond acceptors (Lipinski definition) is 8. The molecule has 1 aromatic carbocycles. The summed E-state index contributed by atoms with van der Waals surface area (Å²) in [6.07, 6.45) is 0.902. The van der Waals surface area contributed by atoms with Gasteiger partial charge in [0.15, 0.2) is 0 Å². The van der Waals surface area contributed by atoms with Gasteiger partial charge < -0.3 is 10.5 Å². The van der Waals surface area contributed by atoms with Gasteiger partial charge in [-0.15, -0.1) is 11.3 Å². The Bertz CT molecular complexity index is 889. The standard InChI is InChI=1S/C14H11N5O2S2/c15-13-18-14(19-23-13)17-11(20)9-6-22-12(16-9)8-1-2-10-7(5-8)3-4-21-10/h1-2,5-6H,3-4H2,(H3,15,17,18,19,20). The molecule has 9 heteroatoms. The lowest BCUT2D eigenvalue weighted by atomic mass is 10.1. The lowest BCUT2D eigenvalue weighted by Crippen LogP contribution is -2.13. The first kappa shape index (κ1) is 14.1. The van der Waals surface area contributed by atoms with Crippen molar-refractivity contribution in [3.8, 4) is 16.3 Å². The number of hydrogen-bond donors (Lipinski definition) is 2. The fraction of sp³-hybridized carbons (Fsp3) is 0.143. The molecule has 0 saturated heterocycles. The maximum Gasteiger partial charge on any atom is 0.277 e. The van der Waals surface area contributed by atoms with Crippen LogP contribution in [0.25, 0.3) is 10.6 Å². The van der Waals surface area contributed by atoms with E-state index < -0.39 is 0 Å². The van der Waals surface area contributed by atoms with Crippen molar-refractivity contribution in [1.82, 2.24) is 14.3 Å². The van der Waals surface area contributed by atoms with Crippen LogP contribution in [0.3, 0.4) is 0 Å². The van der Waals surface area contributed by atoms with Crippen molar-refractivity contribution in [2.75, 3.05) is 17.7 Å². The van der Waals surface area contributed by atoms with Gasteiger partial charge in [-0.3, -0.25) is 10.1 Å². The van der Waals surface area contributed by atoms with Crippen LogP contribution in [0, 0.1) is 0 Å². The Labute approximate surface area is 139 Å². The van der Waals surface area contributed by atoms with Crippen LogP contribution in [0.4, 0.5) is 11.1 Å². The Kier molecular flexibility index (Phi) is 3.43. The summed E-state index contributed by atoms with van der Waals surface area (Å²) in [6.45, 7) is 0.716. The number of carbonyl (C=O) groups excluding carboxylic acids is 1. The number of anilines is 2. The van der Waals surface area contributed by atoms with Crippen molar-refractivity contribution in [2.24, 2.45) is 0 Å². The van der Waals surface area contributed by atoms with E-state index in [1.54, 1.807) is 5.38 Å². The summed E-state index contributed by atoms with van der Waals surface area (Å²) in [5.41, 5.74) is 7.97. The molecule has 3 heterocycles. The number of ether oxygens (including phenoxy) is 1. The maximum absolute atomic E-state index is 12.2. The van der Waals surface area contributed by atoms with Crippen LogP contribution < -0.4 is 15.8 Å². The summed E-state index contributed by atoms with van der Waals surface area (Å²) in [5.74, 6) is 0.770. The third-order valence-electron chi connectivity index (χ3n) is 3.34. The fourth-order valence-electron chi connectivity index (χ4n) is 2.28. The summed E-state index contributed by atoms with van der Waals surface area (Å²) < 4.78 is 9.42. The van der Waals surface area contributed by atoms with Gasteiger partial charge in [-0.25, -0.2) is 4.98 Å². The molecule has 0 saturated carbocycles. The second kappa shape index (κ2) is 5.60. The number of amides is 1. The van der Waals surface area contributed by atoms with Crippen molar-refractivity contribution in [3.05, 3.63) is 34.8 Å². The minimum absolute atomic E-state index is 0.196. The van der Waals surface area contributed by atoms with Gasteiger partial charge in [-0.05, 0) is 23.8 Å². The molecule has 0 radical (unpaired) electrons. The molecule has 2 aromatic heterocycles. The molecule has 1 amide bonds. The molecule has 1 aliphatic rings. The second-order valence-electron chi connectivity index (χ2n) is 4.87. The summed E-state index contributed by atoms with van der Waals surface area (Å²) >= 11 is 2.44. The average molecular weight is 345 g/mol. The van der Waals surface area contributed by atoms with Gasteiger partial charge >= 0.3 is 0 Å². The molecule has 0 fully saturated rings. The highest BCUT2D eigenvalue weighted by molar-refractivity contribution is 7.13.